The van der Waals surface area contributed by atoms with Crippen molar-refractivity contribution < 1.29 is 22.8 Å². The van der Waals surface area contributed by atoms with Crippen molar-refractivity contribution in [1.82, 2.24) is 19.8 Å². The molecule has 2 aromatic carbocycles. The van der Waals surface area contributed by atoms with Gasteiger partial charge in [0.2, 0.25) is 11.8 Å². The Morgan fingerprint density at radius 1 is 1.17 bits per heavy atom. The van der Waals surface area contributed by atoms with Crippen LogP contribution in [0, 0.1) is 11.3 Å². The third kappa shape index (κ3) is 5.21. The molecule has 12 heteroatoms. The lowest BCUT2D eigenvalue weighted by Crippen LogP contribution is -2.61. The molecule has 2 atom stereocenters. The van der Waals surface area contributed by atoms with Crippen molar-refractivity contribution in [2.24, 2.45) is 11.7 Å². The molecule has 11 nitrogen and oxygen atoms in total. The SMILES string of the molecule is N=C(N)N1CCC[C@@H](CNC(=O)C[C@H]2C(=O)NCC(=O)N2S(=O)(=O)c2ccc3ccccc3c2)C1. The Hall–Kier alpha value is -3.67. The second kappa shape index (κ2) is 9.90. The molecule has 2 aliphatic heterocycles. The molecule has 35 heavy (non-hydrogen) atoms. The molecule has 0 bridgehead atoms. The molecule has 186 valence electrons. The maximum atomic E-state index is 13.4. The third-order valence-corrected chi connectivity index (χ3v) is 8.18. The highest BCUT2D eigenvalue weighted by Gasteiger charge is 2.43. The molecule has 3 amide bonds. The predicted octanol–water partition coefficient (Wildman–Crippen LogP) is -0.0327. The minimum absolute atomic E-state index is 0.0204. The third-order valence-electron chi connectivity index (χ3n) is 6.35. The quantitative estimate of drug-likeness (QED) is 0.319. The van der Waals surface area contributed by atoms with Gasteiger partial charge in [-0.3, -0.25) is 19.8 Å². The Labute approximate surface area is 203 Å². The summed E-state index contributed by atoms with van der Waals surface area (Å²) in [6.45, 7) is 1.04. The van der Waals surface area contributed by atoms with Gasteiger partial charge in [0.15, 0.2) is 5.96 Å². The van der Waals surface area contributed by atoms with Crippen LogP contribution in [0.1, 0.15) is 19.3 Å². The van der Waals surface area contributed by atoms with Gasteiger partial charge in [0.1, 0.15) is 6.04 Å². The van der Waals surface area contributed by atoms with Crippen LogP contribution < -0.4 is 16.4 Å². The number of piperazine rings is 1. The first-order chi connectivity index (χ1) is 16.7. The number of carbonyl (C=O) groups is 3. The monoisotopic (exact) mass is 500 g/mol. The summed E-state index contributed by atoms with van der Waals surface area (Å²) in [5.41, 5.74) is 5.56. The number of sulfonamides is 1. The van der Waals surface area contributed by atoms with Gasteiger partial charge in [0.05, 0.1) is 17.9 Å². The topological polar surface area (TPSA) is 166 Å². The number of carbonyl (C=O) groups excluding carboxylic acids is 3. The van der Waals surface area contributed by atoms with E-state index in [1.807, 2.05) is 12.1 Å². The molecule has 0 aromatic heterocycles. The largest absolute Gasteiger partial charge is 0.370 e. The Bertz CT molecular complexity index is 1280. The van der Waals surface area contributed by atoms with Crippen molar-refractivity contribution >= 4 is 44.5 Å². The van der Waals surface area contributed by atoms with Crippen LogP contribution in [-0.4, -0.2) is 73.5 Å². The van der Waals surface area contributed by atoms with E-state index in [1.165, 1.54) is 12.1 Å². The molecule has 0 spiro atoms. The van der Waals surface area contributed by atoms with E-state index in [9.17, 15) is 22.8 Å². The van der Waals surface area contributed by atoms with Crippen LogP contribution in [0.2, 0.25) is 0 Å². The van der Waals surface area contributed by atoms with Crippen molar-refractivity contribution in [3.05, 3.63) is 42.5 Å². The number of hydrogen-bond donors (Lipinski definition) is 4. The minimum atomic E-state index is -4.38. The molecule has 0 unspecified atom stereocenters. The zero-order valence-corrected chi connectivity index (χ0v) is 19.9. The Morgan fingerprint density at radius 3 is 2.66 bits per heavy atom. The summed E-state index contributed by atoms with van der Waals surface area (Å²) in [6, 6.07) is 10.2. The number of guanidine groups is 1. The van der Waals surface area contributed by atoms with Crippen molar-refractivity contribution in [3.8, 4) is 0 Å². The van der Waals surface area contributed by atoms with E-state index in [2.05, 4.69) is 10.6 Å². The maximum absolute atomic E-state index is 13.4. The van der Waals surface area contributed by atoms with Gasteiger partial charge >= 0.3 is 0 Å². The van der Waals surface area contributed by atoms with Gasteiger partial charge < -0.3 is 21.3 Å². The van der Waals surface area contributed by atoms with Crippen LogP contribution in [-0.2, 0) is 24.4 Å². The molecule has 2 aliphatic rings. The Morgan fingerprint density at radius 2 is 1.91 bits per heavy atom. The fourth-order valence-electron chi connectivity index (χ4n) is 4.51. The van der Waals surface area contributed by atoms with E-state index in [-0.39, 0.29) is 16.8 Å². The van der Waals surface area contributed by atoms with Crippen LogP contribution in [0.25, 0.3) is 10.8 Å². The highest BCUT2D eigenvalue weighted by atomic mass is 32.2. The van der Waals surface area contributed by atoms with E-state index < -0.39 is 46.8 Å². The first-order valence-corrected chi connectivity index (χ1v) is 12.8. The summed E-state index contributed by atoms with van der Waals surface area (Å²) < 4.78 is 27.4. The predicted molar refractivity (Wildman–Crippen MR) is 129 cm³/mol. The number of fused-ring (bicyclic) bond motifs is 1. The van der Waals surface area contributed by atoms with Crippen molar-refractivity contribution in [2.45, 2.75) is 30.2 Å². The fraction of sp³-hybridized carbons (Fsp3) is 0.391. The number of benzene rings is 2. The van der Waals surface area contributed by atoms with Gasteiger partial charge in [0, 0.05) is 19.6 Å². The van der Waals surface area contributed by atoms with Crippen LogP contribution >= 0.6 is 0 Å². The lowest BCUT2D eigenvalue weighted by molar-refractivity contribution is -0.141. The molecule has 2 heterocycles. The number of nitrogens with one attached hydrogen (secondary N) is 3. The lowest BCUT2D eigenvalue weighted by Gasteiger charge is -2.34. The summed E-state index contributed by atoms with van der Waals surface area (Å²) in [7, 11) is -4.38. The molecule has 5 N–H and O–H groups in total. The van der Waals surface area contributed by atoms with Crippen LogP contribution in [0.15, 0.2) is 47.4 Å². The second-order valence-corrected chi connectivity index (χ2v) is 10.6. The lowest BCUT2D eigenvalue weighted by atomic mass is 9.98. The van der Waals surface area contributed by atoms with Crippen LogP contribution in [0.5, 0.6) is 0 Å². The summed E-state index contributed by atoms with van der Waals surface area (Å²) in [5, 5.41) is 14.2. The van der Waals surface area contributed by atoms with Gasteiger partial charge in [-0.2, -0.15) is 0 Å². The first kappa shape index (κ1) is 24.5. The summed E-state index contributed by atoms with van der Waals surface area (Å²) in [4.78, 5) is 39.6. The van der Waals surface area contributed by atoms with Crippen molar-refractivity contribution in [2.75, 3.05) is 26.2 Å². The Balaban J connectivity index is 1.50. The van der Waals surface area contributed by atoms with Crippen LogP contribution in [0.3, 0.4) is 0 Å². The molecule has 2 aromatic rings. The van der Waals surface area contributed by atoms with Gasteiger partial charge in [-0.25, -0.2) is 12.7 Å². The van der Waals surface area contributed by atoms with Gasteiger partial charge in [-0.15, -0.1) is 0 Å². The Kier molecular flexibility index (Phi) is 6.92. The van der Waals surface area contributed by atoms with E-state index in [0.29, 0.717) is 29.3 Å². The summed E-state index contributed by atoms with van der Waals surface area (Å²) in [5.74, 6) is -2.01. The number of nitrogens with two attached hydrogens (primary N) is 1. The van der Waals surface area contributed by atoms with Crippen LogP contribution in [0.4, 0.5) is 0 Å². The van der Waals surface area contributed by atoms with Crippen molar-refractivity contribution in [3.63, 3.8) is 0 Å². The number of amides is 3. The molecular weight excluding hydrogens is 472 g/mol. The second-order valence-electron chi connectivity index (χ2n) is 8.78. The zero-order valence-electron chi connectivity index (χ0n) is 19.1. The fourth-order valence-corrected chi connectivity index (χ4v) is 6.09. The van der Waals surface area contributed by atoms with E-state index in [0.717, 1.165) is 18.2 Å². The van der Waals surface area contributed by atoms with E-state index in [1.54, 1.807) is 23.1 Å². The number of hydrogen-bond acceptors (Lipinski definition) is 6. The van der Waals surface area contributed by atoms with E-state index in [4.69, 9.17) is 11.1 Å². The molecule has 4 rings (SSSR count). The highest BCUT2D eigenvalue weighted by molar-refractivity contribution is 7.89. The zero-order chi connectivity index (χ0) is 25.2. The average Bonchev–Trinajstić information content (AvgIpc) is 2.84. The highest BCUT2D eigenvalue weighted by Crippen LogP contribution is 2.26. The van der Waals surface area contributed by atoms with Gasteiger partial charge in [0.25, 0.3) is 15.9 Å². The van der Waals surface area contributed by atoms with Crippen molar-refractivity contribution in [1.29, 1.82) is 5.41 Å². The van der Waals surface area contributed by atoms with Gasteiger partial charge in [-0.05, 0) is 41.7 Å². The number of nitrogens with zero attached hydrogens (tertiary/aromatic N) is 2. The average molecular weight is 501 g/mol. The minimum Gasteiger partial charge on any atom is -0.370 e. The number of piperidine rings is 1. The molecular formula is C23H28N6O5S. The summed E-state index contributed by atoms with van der Waals surface area (Å²) >= 11 is 0. The summed E-state index contributed by atoms with van der Waals surface area (Å²) in [6.07, 6.45) is 1.18. The molecule has 0 aliphatic carbocycles. The molecule has 2 fully saturated rings. The number of rotatable bonds is 6. The maximum Gasteiger partial charge on any atom is 0.267 e. The van der Waals surface area contributed by atoms with Gasteiger partial charge in [-0.1, -0.05) is 30.3 Å². The molecule has 2 saturated heterocycles. The molecule has 0 saturated carbocycles. The number of likely N-dealkylation sites (tertiary alicyclic amines) is 1. The smallest absolute Gasteiger partial charge is 0.267 e. The normalized spacial score (nSPS) is 21.0. The van der Waals surface area contributed by atoms with E-state index >= 15 is 0 Å². The standard InChI is InChI=1S/C23H28N6O5S/c24-23(25)28-9-3-4-15(14-28)12-26-20(30)11-19-22(32)27-13-21(31)29(19)35(33,34)18-8-7-16-5-1-2-6-17(16)10-18/h1-2,5-8,10,15,19H,3-4,9,11-14H2,(H3,24,25)(H,26,30)(H,27,32)/t15-,19-/m0/s1. The molecule has 0 radical (unpaired) electrons. The first-order valence-electron chi connectivity index (χ1n) is 11.4.